The normalized spacial score (nSPS) is 11.1. The fraction of sp³-hybridized carbons (Fsp3) is 0.222. The van der Waals surface area contributed by atoms with Crippen LogP contribution in [-0.4, -0.2) is 35.7 Å². The van der Waals surface area contributed by atoms with Crippen LogP contribution < -0.4 is 0 Å². The lowest BCUT2D eigenvalue weighted by Gasteiger charge is -2.13. The summed E-state index contributed by atoms with van der Waals surface area (Å²) in [6.07, 6.45) is 0.880. The number of aromatic nitrogens is 2. The zero-order valence-corrected chi connectivity index (χ0v) is 14.1. The van der Waals surface area contributed by atoms with Gasteiger partial charge in [0, 0.05) is 22.6 Å². The Morgan fingerprint density at radius 3 is 2.57 bits per heavy atom. The standard InChI is InChI=1S/C18H19N3OS/c1-21(2)12-11-14-15(9-6-10-16(14)23)18-19-17(20-22-18)13-7-4-3-5-8-13/h3-10,23H,11-12H2,1-2H3. The molecule has 0 bridgehead atoms. The number of likely N-dealkylation sites (N-methyl/N-ethyl adjacent to an activating group) is 1. The molecular formula is C18H19N3OS. The lowest BCUT2D eigenvalue weighted by atomic mass is 10.0. The topological polar surface area (TPSA) is 42.2 Å². The molecule has 2 aromatic carbocycles. The van der Waals surface area contributed by atoms with Crippen molar-refractivity contribution in [2.45, 2.75) is 11.3 Å². The highest BCUT2D eigenvalue weighted by Gasteiger charge is 2.15. The summed E-state index contributed by atoms with van der Waals surface area (Å²) in [7, 11) is 4.11. The van der Waals surface area contributed by atoms with Crippen molar-refractivity contribution in [2.24, 2.45) is 0 Å². The monoisotopic (exact) mass is 325 g/mol. The highest BCUT2D eigenvalue weighted by Crippen LogP contribution is 2.29. The second-order valence-electron chi connectivity index (χ2n) is 5.65. The van der Waals surface area contributed by atoms with Gasteiger partial charge in [-0.05, 0) is 38.2 Å². The Bertz CT molecular complexity index is 784. The largest absolute Gasteiger partial charge is 0.334 e. The molecule has 3 aromatic rings. The van der Waals surface area contributed by atoms with Crippen LogP contribution >= 0.6 is 12.6 Å². The predicted molar refractivity (Wildman–Crippen MR) is 94.7 cm³/mol. The summed E-state index contributed by atoms with van der Waals surface area (Å²) >= 11 is 4.59. The maximum Gasteiger partial charge on any atom is 0.258 e. The van der Waals surface area contributed by atoms with Crippen LogP contribution in [0.2, 0.25) is 0 Å². The molecule has 0 fully saturated rings. The summed E-state index contributed by atoms with van der Waals surface area (Å²) in [5.74, 6) is 1.14. The van der Waals surface area contributed by atoms with E-state index < -0.39 is 0 Å². The summed E-state index contributed by atoms with van der Waals surface area (Å²) < 4.78 is 5.50. The molecule has 5 heteroatoms. The third-order valence-corrected chi connectivity index (χ3v) is 4.07. The van der Waals surface area contributed by atoms with Crippen LogP contribution in [0.1, 0.15) is 5.56 Å². The molecule has 0 saturated carbocycles. The highest BCUT2D eigenvalue weighted by molar-refractivity contribution is 7.80. The Labute approximate surface area is 141 Å². The van der Waals surface area contributed by atoms with Crippen molar-refractivity contribution in [1.29, 1.82) is 0 Å². The molecule has 0 atom stereocenters. The number of thiol groups is 1. The molecule has 1 heterocycles. The smallest absolute Gasteiger partial charge is 0.258 e. The first kappa shape index (κ1) is 15.8. The van der Waals surface area contributed by atoms with E-state index in [0.29, 0.717) is 11.7 Å². The van der Waals surface area contributed by atoms with Gasteiger partial charge >= 0.3 is 0 Å². The van der Waals surface area contributed by atoms with Gasteiger partial charge in [-0.25, -0.2) is 0 Å². The molecule has 0 N–H and O–H groups in total. The molecule has 4 nitrogen and oxygen atoms in total. The summed E-state index contributed by atoms with van der Waals surface area (Å²) in [5, 5.41) is 4.11. The fourth-order valence-corrected chi connectivity index (χ4v) is 2.73. The van der Waals surface area contributed by atoms with E-state index in [4.69, 9.17) is 4.52 Å². The molecule has 0 aliphatic rings. The van der Waals surface area contributed by atoms with Gasteiger partial charge in [0.15, 0.2) is 0 Å². The van der Waals surface area contributed by atoms with Gasteiger partial charge in [0.1, 0.15) is 0 Å². The third kappa shape index (κ3) is 3.63. The van der Waals surface area contributed by atoms with Gasteiger partial charge in [-0.3, -0.25) is 0 Å². The molecule has 0 unspecified atom stereocenters. The van der Waals surface area contributed by atoms with E-state index in [1.165, 1.54) is 0 Å². The summed E-state index contributed by atoms with van der Waals surface area (Å²) in [5.41, 5.74) is 3.03. The number of benzene rings is 2. The average molecular weight is 325 g/mol. The molecule has 0 radical (unpaired) electrons. The van der Waals surface area contributed by atoms with Gasteiger partial charge in [-0.2, -0.15) is 4.98 Å². The van der Waals surface area contributed by atoms with Crippen molar-refractivity contribution < 1.29 is 4.52 Å². The first-order chi connectivity index (χ1) is 11.1. The minimum Gasteiger partial charge on any atom is -0.334 e. The van der Waals surface area contributed by atoms with E-state index in [1.54, 1.807) is 0 Å². The van der Waals surface area contributed by atoms with E-state index in [9.17, 15) is 0 Å². The molecule has 0 aliphatic carbocycles. The number of nitrogens with zero attached hydrogens (tertiary/aromatic N) is 3. The maximum absolute atomic E-state index is 5.50. The quantitative estimate of drug-likeness (QED) is 0.725. The molecule has 0 saturated heterocycles. The van der Waals surface area contributed by atoms with Gasteiger partial charge in [0.05, 0.1) is 0 Å². The van der Waals surface area contributed by atoms with E-state index in [0.717, 1.165) is 34.6 Å². The van der Waals surface area contributed by atoms with Gasteiger partial charge in [0.2, 0.25) is 5.82 Å². The van der Waals surface area contributed by atoms with Gasteiger partial charge in [0.25, 0.3) is 5.89 Å². The Morgan fingerprint density at radius 1 is 1.04 bits per heavy atom. The van der Waals surface area contributed by atoms with Crippen molar-refractivity contribution >= 4 is 12.6 Å². The van der Waals surface area contributed by atoms with Crippen molar-refractivity contribution in [3.05, 3.63) is 54.1 Å². The summed E-state index contributed by atoms with van der Waals surface area (Å²) in [6.45, 7) is 0.935. The Kier molecular flexibility index (Phi) is 4.79. The fourth-order valence-electron chi connectivity index (χ4n) is 2.41. The van der Waals surface area contributed by atoms with Crippen LogP contribution in [0.4, 0.5) is 0 Å². The van der Waals surface area contributed by atoms with Crippen LogP contribution in [-0.2, 0) is 6.42 Å². The maximum atomic E-state index is 5.50. The molecule has 0 spiro atoms. The Hall–Kier alpha value is -2.11. The van der Waals surface area contributed by atoms with E-state index in [-0.39, 0.29) is 0 Å². The number of hydrogen-bond donors (Lipinski definition) is 1. The molecular weight excluding hydrogens is 306 g/mol. The lowest BCUT2D eigenvalue weighted by Crippen LogP contribution is -2.15. The van der Waals surface area contributed by atoms with Crippen LogP contribution in [0.5, 0.6) is 0 Å². The zero-order valence-electron chi connectivity index (χ0n) is 13.2. The Morgan fingerprint density at radius 2 is 1.83 bits per heavy atom. The van der Waals surface area contributed by atoms with Crippen molar-refractivity contribution in [1.82, 2.24) is 15.0 Å². The third-order valence-electron chi connectivity index (χ3n) is 3.65. The lowest BCUT2D eigenvalue weighted by molar-refractivity contribution is 0.411. The molecule has 0 amide bonds. The van der Waals surface area contributed by atoms with E-state index >= 15 is 0 Å². The molecule has 23 heavy (non-hydrogen) atoms. The molecule has 3 rings (SSSR count). The first-order valence-corrected chi connectivity index (χ1v) is 7.95. The van der Waals surface area contributed by atoms with Gasteiger partial charge in [-0.1, -0.05) is 41.6 Å². The van der Waals surface area contributed by atoms with Crippen LogP contribution in [0, 0.1) is 0 Å². The minimum atomic E-state index is 0.536. The van der Waals surface area contributed by atoms with Crippen molar-refractivity contribution in [3.63, 3.8) is 0 Å². The summed E-state index contributed by atoms with van der Waals surface area (Å²) in [6, 6.07) is 15.8. The van der Waals surface area contributed by atoms with Crippen molar-refractivity contribution in [3.8, 4) is 22.8 Å². The molecule has 118 valence electrons. The second-order valence-corrected chi connectivity index (χ2v) is 6.13. The first-order valence-electron chi connectivity index (χ1n) is 7.50. The number of rotatable bonds is 5. The van der Waals surface area contributed by atoms with Crippen LogP contribution in [0.15, 0.2) is 57.9 Å². The van der Waals surface area contributed by atoms with Gasteiger partial charge < -0.3 is 9.42 Å². The van der Waals surface area contributed by atoms with E-state index in [2.05, 4.69) is 41.8 Å². The number of hydrogen-bond acceptors (Lipinski definition) is 5. The SMILES string of the molecule is CN(C)CCc1c(S)cccc1-c1nc(-c2ccccc2)no1. The second kappa shape index (κ2) is 6.98. The highest BCUT2D eigenvalue weighted by atomic mass is 32.1. The summed E-state index contributed by atoms with van der Waals surface area (Å²) in [4.78, 5) is 7.65. The minimum absolute atomic E-state index is 0.536. The molecule has 0 aliphatic heterocycles. The van der Waals surface area contributed by atoms with Crippen LogP contribution in [0.25, 0.3) is 22.8 Å². The van der Waals surface area contributed by atoms with Crippen LogP contribution in [0.3, 0.4) is 0 Å². The Balaban J connectivity index is 1.96. The molecule has 1 aromatic heterocycles. The predicted octanol–water partition coefficient (Wildman–Crippen LogP) is 3.80. The van der Waals surface area contributed by atoms with Crippen molar-refractivity contribution in [2.75, 3.05) is 20.6 Å². The zero-order chi connectivity index (χ0) is 16.2. The average Bonchev–Trinajstić information content (AvgIpc) is 3.04. The van der Waals surface area contributed by atoms with E-state index in [1.807, 2.05) is 48.5 Å². The van der Waals surface area contributed by atoms with Gasteiger partial charge in [-0.15, -0.1) is 12.6 Å².